The molecule has 2 aromatic rings. The van der Waals surface area contributed by atoms with Crippen LogP contribution in [0, 0.1) is 6.57 Å². The first kappa shape index (κ1) is 11.9. The van der Waals surface area contributed by atoms with Gasteiger partial charge in [-0.2, -0.15) is 5.10 Å². The van der Waals surface area contributed by atoms with Crippen molar-refractivity contribution < 1.29 is 9.53 Å². The van der Waals surface area contributed by atoms with Crippen molar-refractivity contribution in [1.82, 2.24) is 9.78 Å². The van der Waals surface area contributed by atoms with E-state index in [0.717, 1.165) is 0 Å². The summed E-state index contributed by atoms with van der Waals surface area (Å²) in [6.07, 6.45) is 1.64. The number of carbonyl (C=O) groups is 1. The Kier molecular flexibility index (Phi) is 3.39. The molecule has 0 aliphatic rings. The number of benzene rings is 1. The summed E-state index contributed by atoms with van der Waals surface area (Å²) >= 11 is 0. The summed E-state index contributed by atoms with van der Waals surface area (Å²) in [6.45, 7) is 9.13. The normalized spacial score (nSPS) is 9.78. The molecule has 90 valence electrons. The standard InChI is InChI=1S/C13H11N3O2/c1-3-18-13(17)11-8-9-16(15-11)12-7-5-4-6-10(12)14-2/h4-9H,3H2,1H3. The molecule has 0 bridgehead atoms. The van der Waals surface area contributed by atoms with Gasteiger partial charge in [-0.3, -0.25) is 4.68 Å². The lowest BCUT2D eigenvalue weighted by Crippen LogP contribution is -2.06. The highest BCUT2D eigenvalue weighted by atomic mass is 16.5. The second-order valence-corrected chi connectivity index (χ2v) is 3.47. The minimum Gasteiger partial charge on any atom is -0.461 e. The molecule has 18 heavy (non-hydrogen) atoms. The number of nitrogens with zero attached hydrogens (tertiary/aromatic N) is 3. The predicted molar refractivity (Wildman–Crippen MR) is 65.8 cm³/mol. The Balaban J connectivity index is 2.36. The Bertz CT molecular complexity index is 611. The lowest BCUT2D eigenvalue weighted by Gasteiger charge is -2.03. The molecular formula is C13H11N3O2. The van der Waals surface area contributed by atoms with Gasteiger partial charge in [0.15, 0.2) is 5.69 Å². The summed E-state index contributed by atoms with van der Waals surface area (Å²) in [5, 5.41) is 4.11. The minimum absolute atomic E-state index is 0.233. The largest absolute Gasteiger partial charge is 0.461 e. The highest BCUT2D eigenvalue weighted by Crippen LogP contribution is 2.22. The molecule has 0 fully saturated rings. The summed E-state index contributed by atoms with van der Waals surface area (Å²) in [5.41, 5.74) is 1.36. The van der Waals surface area contributed by atoms with Gasteiger partial charge in [-0.05, 0) is 19.1 Å². The van der Waals surface area contributed by atoms with Gasteiger partial charge in [0.2, 0.25) is 5.69 Å². The molecule has 0 aliphatic carbocycles. The number of aromatic nitrogens is 2. The molecule has 0 unspecified atom stereocenters. The van der Waals surface area contributed by atoms with E-state index in [1.165, 1.54) is 4.68 Å². The third-order valence-electron chi connectivity index (χ3n) is 2.32. The highest BCUT2D eigenvalue weighted by molar-refractivity contribution is 5.87. The van der Waals surface area contributed by atoms with Crippen molar-refractivity contribution in [3.8, 4) is 5.69 Å². The topological polar surface area (TPSA) is 48.5 Å². The molecule has 0 saturated heterocycles. The molecule has 1 aromatic carbocycles. The van der Waals surface area contributed by atoms with Gasteiger partial charge in [-0.1, -0.05) is 18.2 Å². The fourth-order valence-corrected chi connectivity index (χ4v) is 1.52. The summed E-state index contributed by atoms with van der Waals surface area (Å²) in [7, 11) is 0. The lowest BCUT2D eigenvalue weighted by molar-refractivity contribution is 0.0519. The number of para-hydroxylation sites is 2. The maximum absolute atomic E-state index is 11.5. The lowest BCUT2D eigenvalue weighted by atomic mass is 10.3. The van der Waals surface area contributed by atoms with Crippen LogP contribution in [0.1, 0.15) is 17.4 Å². The van der Waals surface area contributed by atoms with Gasteiger partial charge < -0.3 is 4.74 Å². The van der Waals surface area contributed by atoms with Gasteiger partial charge in [0.05, 0.1) is 18.9 Å². The van der Waals surface area contributed by atoms with E-state index in [2.05, 4.69) is 9.94 Å². The molecule has 0 spiro atoms. The number of rotatable bonds is 3. The van der Waals surface area contributed by atoms with Crippen molar-refractivity contribution in [3.05, 3.63) is 53.6 Å². The fourth-order valence-electron chi connectivity index (χ4n) is 1.52. The molecule has 0 aliphatic heterocycles. The van der Waals surface area contributed by atoms with Gasteiger partial charge >= 0.3 is 5.97 Å². The number of hydrogen-bond donors (Lipinski definition) is 0. The zero-order chi connectivity index (χ0) is 13.0. The first-order valence-electron chi connectivity index (χ1n) is 5.46. The van der Waals surface area contributed by atoms with E-state index in [0.29, 0.717) is 18.0 Å². The van der Waals surface area contributed by atoms with Crippen LogP contribution in [-0.2, 0) is 4.74 Å². The average molecular weight is 241 g/mol. The zero-order valence-corrected chi connectivity index (χ0v) is 9.83. The smallest absolute Gasteiger partial charge is 0.358 e. The SMILES string of the molecule is [C-]#[N+]c1ccccc1-n1ccc(C(=O)OCC)n1. The van der Waals surface area contributed by atoms with Crippen LogP contribution in [0.15, 0.2) is 36.5 Å². The summed E-state index contributed by atoms with van der Waals surface area (Å²) < 4.78 is 6.36. The monoisotopic (exact) mass is 241 g/mol. The number of carbonyl (C=O) groups excluding carboxylic acids is 1. The molecule has 0 radical (unpaired) electrons. The van der Waals surface area contributed by atoms with E-state index in [-0.39, 0.29) is 5.69 Å². The third-order valence-corrected chi connectivity index (χ3v) is 2.32. The molecule has 0 saturated carbocycles. The van der Waals surface area contributed by atoms with Gasteiger partial charge in [0, 0.05) is 6.20 Å². The van der Waals surface area contributed by atoms with E-state index in [1.807, 2.05) is 6.07 Å². The molecular weight excluding hydrogens is 230 g/mol. The van der Waals surface area contributed by atoms with E-state index in [1.54, 1.807) is 37.4 Å². The highest BCUT2D eigenvalue weighted by Gasteiger charge is 2.12. The van der Waals surface area contributed by atoms with Gasteiger partial charge in [-0.15, -0.1) is 0 Å². The van der Waals surface area contributed by atoms with Crippen LogP contribution in [0.25, 0.3) is 10.5 Å². The summed E-state index contributed by atoms with van der Waals surface area (Å²) in [4.78, 5) is 14.9. The van der Waals surface area contributed by atoms with Gasteiger partial charge in [0.25, 0.3) is 0 Å². The fraction of sp³-hybridized carbons (Fsp3) is 0.154. The van der Waals surface area contributed by atoms with Crippen molar-refractivity contribution in [1.29, 1.82) is 0 Å². The van der Waals surface area contributed by atoms with Crippen LogP contribution in [0.2, 0.25) is 0 Å². The van der Waals surface area contributed by atoms with E-state index in [9.17, 15) is 4.79 Å². The quantitative estimate of drug-likeness (QED) is 0.613. The Labute approximate surface area is 104 Å². The maximum atomic E-state index is 11.5. The van der Waals surface area contributed by atoms with Crippen LogP contribution < -0.4 is 0 Å². The van der Waals surface area contributed by atoms with Crippen LogP contribution in [0.4, 0.5) is 5.69 Å². The number of hydrogen-bond acceptors (Lipinski definition) is 3. The first-order chi connectivity index (χ1) is 8.76. The molecule has 0 amide bonds. The molecule has 2 rings (SSSR count). The van der Waals surface area contributed by atoms with Crippen molar-refractivity contribution in [2.24, 2.45) is 0 Å². The van der Waals surface area contributed by atoms with Crippen molar-refractivity contribution >= 4 is 11.7 Å². The first-order valence-corrected chi connectivity index (χ1v) is 5.46. The minimum atomic E-state index is -0.462. The summed E-state index contributed by atoms with van der Waals surface area (Å²) in [5.74, 6) is -0.462. The summed E-state index contributed by atoms with van der Waals surface area (Å²) in [6, 6.07) is 8.64. The molecule has 0 N–H and O–H groups in total. The van der Waals surface area contributed by atoms with Gasteiger partial charge in [-0.25, -0.2) is 9.64 Å². The molecule has 1 heterocycles. The number of esters is 1. The molecule has 0 atom stereocenters. The van der Waals surface area contributed by atoms with Crippen LogP contribution in [-0.4, -0.2) is 22.4 Å². The third kappa shape index (κ3) is 2.23. The Morgan fingerprint density at radius 3 is 2.94 bits per heavy atom. The van der Waals surface area contributed by atoms with Crippen LogP contribution in [0.5, 0.6) is 0 Å². The van der Waals surface area contributed by atoms with E-state index < -0.39 is 5.97 Å². The van der Waals surface area contributed by atoms with Crippen molar-refractivity contribution in [2.45, 2.75) is 6.92 Å². The predicted octanol–water partition coefficient (Wildman–Crippen LogP) is 2.60. The number of ether oxygens (including phenoxy) is 1. The molecule has 5 heteroatoms. The average Bonchev–Trinajstić information content (AvgIpc) is 2.88. The Morgan fingerprint density at radius 1 is 1.44 bits per heavy atom. The zero-order valence-electron chi connectivity index (χ0n) is 9.83. The molecule has 1 aromatic heterocycles. The second-order valence-electron chi connectivity index (χ2n) is 3.47. The van der Waals surface area contributed by atoms with Crippen molar-refractivity contribution in [3.63, 3.8) is 0 Å². The van der Waals surface area contributed by atoms with Crippen molar-refractivity contribution in [2.75, 3.05) is 6.61 Å². The molecule has 5 nitrogen and oxygen atoms in total. The maximum Gasteiger partial charge on any atom is 0.358 e. The van der Waals surface area contributed by atoms with E-state index in [4.69, 9.17) is 11.3 Å². The Morgan fingerprint density at radius 2 is 2.22 bits per heavy atom. The van der Waals surface area contributed by atoms with Gasteiger partial charge in [0.1, 0.15) is 0 Å². The van der Waals surface area contributed by atoms with Crippen LogP contribution >= 0.6 is 0 Å². The second kappa shape index (κ2) is 5.15. The van der Waals surface area contributed by atoms with E-state index >= 15 is 0 Å². The Hall–Kier alpha value is -2.61. The van der Waals surface area contributed by atoms with Crippen LogP contribution in [0.3, 0.4) is 0 Å².